The molecular formula is C35H39F2N5O2. The lowest BCUT2D eigenvalue weighted by molar-refractivity contribution is -0.121. The molecule has 0 spiro atoms. The maximum absolute atomic E-state index is 13.9. The van der Waals surface area contributed by atoms with E-state index in [2.05, 4.69) is 36.7 Å². The second-order valence-electron chi connectivity index (χ2n) is 12.6. The number of ketones is 1. The third-order valence-corrected chi connectivity index (χ3v) is 8.07. The van der Waals surface area contributed by atoms with Crippen molar-refractivity contribution in [3.8, 4) is 5.69 Å². The number of benzene rings is 3. The lowest BCUT2D eigenvalue weighted by atomic mass is 9.76. The van der Waals surface area contributed by atoms with Crippen LogP contribution in [-0.4, -0.2) is 34.7 Å². The Morgan fingerprint density at radius 2 is 1.68 bits per heavy atom. The van der Waals surface area contributed by atoms with Crippen molar-refractivity contribution in [2.45, 2.75) is 58.3 Å². The van der Waals surface area contributed by atoms with Gasteiger partial charge in [-0.05, 0) is 86.3 Å². The molecule has 1 saturated heterocycles. The molecule has 1 aromatic heterocycles. The summed E-state index contributed by atoms with van der Waals surface area (Å²) in [6, 6.07) is 20.2. The fraction of sp³-hybridized carbons (Fsp3) is 0.343. The van der Waals surface area contributed by atoms with Gasteiger partial charge in [0.15, 0.2) is 11.6 Å². The highest BCUT2D eigenvalue weighted by atomic mass is 19.2. The standard InChI is InChI=1S/C35H39F2N5O2/c1-22-8-11-27(12-9-22)42-32(21-31(41-42)35(2,3)4)40-34(44)39-26-7-5-6-25(20-26)33(24-14-16-38-17-15-24)30(43)19-23-10-13-28(36)29(37)18-23/h5-13,18,20-21,24,33,38H,14-17,19H2,1-4H3,(H2,39,40,44). The highest BCUT2D eigenvalue weighted by molar-refractivity contribution is 5.99. The molecule has 0 radical (unpaired) electrons. The summed E-state index contributed by atoms with van der Waals surface area (Å²) in [5, 5.41) is 14.0. The second kappa shape index (κ2) is 13.1. The van der Waals surface area contributed by atoms with Crippen molar-refractivity contribution in [1.29, 1.82) is 0 Å². The van der Waals surface area contributed by atoms with Gasteiger partial charge in [-0.15, -0.1) is 0 Å². The first-order valence-electron chi connectivity index (χ1n) is 15.0. The van der Waals surface area contributed by atoms with Crippen LogP contribution in [0.5, 0.6) is 0 Å². The van der Waals surface area contributed by atoms with E-state index in [1.165, 1.54) is 6.07 Å². The molecule has 4 aromatic rings. The first kappa shape index (κ1) is 31.1. The summed E-state index contributed by atoms with van der Waals surface area (Å²) in [5.41, 5.74) is 4.30. The maximum atomic E-state index is 13.9. The number of aryl methyl sites for hydroxylation is 1. The van der Waals surface area contributed by atoms with Crippen molar-refractivity contribution in [1.82, 2.24) is 15.1 Å². The summed E-state index contributed by atoms with van der Waals surface area (Å²) >= 11 is 0. The Kier molecular flexibility index (Phi) is 9.25. The third-order valence-electron chi connectivity index (χ3n) is 8.07. The topological polar surface area (TPSA) is 88.1 Å². The normalized spacial score (nSPS) is 14.7. The number of piperidine rings is 1. The van der Waals surface area contributed by atoms with Crippen LogP contribution in [0.2, 0.25) is 0 Å². The van der Waals surface area contributed by atoms with E-state index in [9.17, 15) is 18.4 Å². The summed E-state index contributed by atoms with van der Waals surface area (Å²) < 4.78 is 29.1. The fourth-order valence-electron chi connectivity index (χ4n) is 5.67. The third kappa shape index (κ3) is 7.39. The molecule has 3 N–H and O–H groups in total. The number of anilines is 2. The minimum Gasteiger partial charge on any atom is -0.317 e. The van der Waals surface area contributed by atoms with Crippen LogP contribution in [0.25, 0.3) is 5.69 Å². The fourth-order valence-corrected chi connectivity index (χ4v) is 5.67. The number of carbonyl (C=O) groups excluding carboxylic acids is 2. The Morgan fingerprint density at radius 1 is 0.955 bits per heavy atom. The molecule has 2 amide bonds. The Hall–Kier alpha value is -4.37. The van der Waals surface area contributed by atoms with Gasteiger partial charge in [-0.3, -0.25) is 10.1 Å². The Labute approximate surface area is 257 Å². The van der Waals surface area contributed by atoms with Gasteiger partial charge in [0.2, 0.25) is 0 Å². The number of amides is 2. The van der Waals surface area contributed by atoms with Gasteiger partial charge in [-0.2, -0.15) is 5.10 Å². The number of hydrogen-bond donors (Lipinski definition) is 3. The molecule has 1 aliphatic rings. The number of aromatic nitrogens is 2. The van der Waals surface area contributed by atoms with E-state index >= 15 is 0 Å². The Morgan fingerprint density at radius 3 is 2.36 bits per heavy atom. The molecule has 1 aliphatic heterocycles. The number of nitrogens with one attached hydrogen (secondary N) is 3. The average Bonchev–Trinajstić information content (AvgIpc) is 3.40. The highest BCUT2D eigenvalue weighted by Gasteiger charge is 2.31. The van der Waals surface area contributed by atoms with E-state index in [4.69, 9.17) is 5.10 Å². The molecule has 3 aromatic carbocycles. The molecule has 0 bridgehead atoms. The van der Waals surface area contributed by atoms with Crippen LogP contribution in [0.15, 0.2) is 72.8 Å². The van der Waals surface area contributed by atoms with Gasteiger partial charge in [0.1, 0.15) is 11.6 Å². The lowest BCUT2D eigenvalue weighted by Crippen LogP contribution is -2.34. The second-order valence-corrected chi connectivity index (χ2v) is 12.6. The Bertz CT molecular complexity index is 1640. The van der Waals surface area contributed by atoms with Crippen molar-refractivity contribution >= 4 is 23.3 Å². The summed E-state index contributed by atoms with van der Waals surface area (Å²) in [7, 11) is 0. The van der Waals surface area contributed by atoms with E-state index in [0.717, 1.165) is 60.6 Å². The van der Waals surface area contributed by atoms with Crippen LogP contribution in [-0.2, 0) is 16.6 Å². The molecule has 7 nitrogen and oxygen atoms in total. The monoisotopic (exact) mass is 599 g/mol. The average molecular weight is 600 g/mol. The molecule has 2 heterocycles. The highest BCUT2D eigenvalue weighted by Crippen LogP contribution is 2.34. The molecule has 1 atom stereocenters. The molecular weight excluding hydrogens is 560 g/mol. The zero-order chi connectivity index (χ0) is 31.4. The van der Waals surface area contributed by atoms with Crippen molar-refractivity contribution in [3.63, 3.8) is 0 Å². The van der Waals surface area contributed by atoms with Gasteiger partial charge in [-0.25, -0.2) is 18.3 Å². The van der Waals surface area contributed by atoms with E-state index in [-0.39, 0.29) is 23.5 Å². The zero-order valence-corrected chi connectivity index (χ0v) is 25.6. The number of nitrogens with zero attached hydrogens (tertiary/aromatic N) is 2. The largest absolute Gasteiger partial charge is 0.324 e. The summed E-state index contributed by atoms with van der Waals surface area (Å²) in [6.45, 7) is 9.81. The minimum atomic E-state index is -0.968. The number of urea groups is 1. The van der Waals surface area contributed by atoms with E-state index < -0.39 is 23.6 Å². The molecule has 9 heteroatoms. The van der Waals surface area contributed by atoms with Crippen molar-refractivity contribution in [2.24, 2.45) is 5.92 Å². The predicted molar refractivity (Wildman–Crippen MR) is 169 cm³/mol. The summed E-state index contributed by atoms with van der Waals surface area (Å²) in [5.74, 6) is -1.82. The van der Waals surface area contributed by atoms with Crippen molar-refractivity contribution in [2.75, 3.05) is 23.7 Å². The predicted octanol–water partition coefficient (Wildman–Crippen LogP) is 7.30. The smallest absolute Gasteiger partial charge is 0.317 e. The minimum absolute atomic E-state index is 0.0109. The number of carbonyl (C=O) groups is 2. The van der Waals surface area contributed by atoms with Crippen LogP contribution >= 0.6 is 0 Å². The quantitative estimate of drug-likeness (QED) is 0.198. The molecule has 0 saturated carbocycles. The SMILES string of the molecule is Cc1ccc(-n2nc(C(C)(C)C)cc2NC(=O)Nc2cccc(C(C(=O)Cc3ccc(F)c(F)c3)C3CCNCC3)c2)cc1. The van der Waals surface area contributed by atoms with Gasteiger partial charge in [0.25, 0.3) is 0 Å². The number of hydrogen-bond acceptors (Lipinski definition) is 4. The molecule has 0 aliphatic carbocycles. The van der Waals surface area contributed by atoms with E-state index in [0.29, 0.717) is 17.1 Å². The van der Waals surface area contributed by atoms with Crippen LogP contribution in [0.3, 0.4) is 0 Å². The van der Waals surface area contributed by atoms with Gasteiger partial charge < -0.3 is 10.6 Å². The first-order valence-corrected chi connectivity index (χ1v) is 15.0. The van der Waals surface area contributed by atoms with Gasteiger partial charge in [-0.1, -0.05) is 56.7 Å². The van der Waals surface area contributed by atoms with Gasteiger partial charge >= 0.3 is 6.03 Å². The van der Waals surface area contributed by atoms with Gasteiger partial charge in [0.05, 0.1) is 11.4 Å². The number of rotatable bonds is 8. The Balaban J connectivity index is 1.37. The van der Waals surface area contributed by atoms with Crippen LogP contribution in [0.4, 0.5) is 25.1 Å². The summed E-state index contributed by atoms with van der Waals surface area (Å²) in [6.07, 6.45) is 1.61. The molecule has 44 heavy (non-hydrogen) atoms. The zero-order valence-electron chi connectivity index (χ0n) is 25.6. The lowest BCUT2D eigenvalue weighted by Gasteiger charge is -2.30. The van der Waals surface area contributed by atoms with Crippen molar-refractivity contribution < 1.29 is 18.4 Å². The molecule has 1 fully saturated rings. The van der Waals surface area contributed by atoms with E-state index in [1.54, 1.807) is 10.7 Å². The van der Waals surface area contributed by atoms with Crippen LogP contribution < -0.4 is 16.0 Å². The maximum Gasteiger partial charge on any atom is 0.324 e. The molecule has 5 rings (SSSR count). The molecule has 230 valence electrons. The summed E-state index contributed by atoms with van der Waals surface area (Å²) in [4.78, 5) is 27.0. The molecule has 1 unspecified atom stereocenters. The van der Waals surface area contributed by atoms with Crippen molar-refractivity contribution in [3.05, 3.63) is 107 Å². The first-order chi connectivity index (χ1) is 21.0. The number of halogens is 2. The van der Waals surface area contributed by atoms with Crippen LogP contribution in [0.1, 0.15) is 61.9 Å². The number of Topliss-reactive ketones (excluding diaryl/α,β-unsaturated/α-hetero) is 1. The van der Waals surface area contributed by atoms with Crippen LogP contribution in [0, 0.1) is 24.5 Å². The van der Waals surface area contributed by atoms with Gasteiger partial charge in [0, 0.05) is 29.5 Å². The van der Waals surface area contributed by atoms with E-state index in [1.807, 2.05) is 55.5 Å².